The average Bonchev–Trinajstić information content (AvgIpc) is 3.64. The highest BCUT2D eigenvalue weighted by atomic mass is 35.5. The fourth-order valence-corrected chi connectivity index (χ4v) is 6.52. The molecule has 1 atom stereocenters. The Morgan fingerprint density at radius 1 is 1.00 bits per heavy atom. The summed E-state index contributed by atoms with van der Waals surface area (Å²) in [7, 11) is 0. The predicted molar refractivity (Wildman–Crippen MR) is 161 cm³/mol. The molecular weight excluding hydrogens is 530 g/mol. The van der Waals surface area contributed by atoms with E-state index in [0.717, 1.165) is 56.8 Å². The average molecular weight is 564 g/mol. The molecule has 2 fully saturated rings. The summed E-state index contributed by atoms with van der Waals surface area (Å²) < 4.78 is 1.96. The normalized spacial score (nSPS) is 19.8. The van der Waals surface area contributed by atoms with E-state index < -0.39 is 0 Å². The molecule has 41 heavy (non-hydrogen) atoms. The minimum Gasteiger partial charge on any atom is -0.338 e. The van der Waals surface area contributed by atoms with E-state index in [1.54, 1.807) is 6.20 Å². The lowest BCUT2D eigenvalue weighted by atomic mass is 9.82. The fraction of sp³-hybridized carbons (Fsp3) is 0.324. The van der Waals surface area contributed by atoms with Crippen molar-refractivity contribution in [2.45, 2.75) is 44.1 Å². The molecule has 0 radical (unpaired) electrons. The summed E-state index contributed by atoms with van der Waals surface area (Å²) in [5.41, 5.74) is 5.75. The maximum atomic E-state index is 14.1. The van der Waals surface area contributed by atoms with Crippen LogP contribution in [0.2, 0.25) is 5.02 Å². The molecule has 0 N–H and O–H groups in total. The highest BCUT2D eigenvalue weighted by Crippen LogP contribution is 2.37. The van der Waals surface area contributed by atoms with Gasteiger partial charge in [-0.3, -0.25) is 9.69 Å². The summed E-state index contributed by atoms with van der Waals surface area (Å²) in [6, 6.07) is 28.2. The molecular formula is C34H34ClN5O. The number of nitriles is 1. The van der Waals surface area contributed by atoms with Gasteiger partial charge in [-0.2, -0.15) is 10.4 Å². The van der Waals surface area contributed by atoms with Gasteiger partial charge in [0, 0.05) is 36.0 Å². The molecule has 0 spiro atoms. The number of likely N-dealkylation sites (tertiary alicyclic amines) is 2. The highest BCUT2D eigenvalue weighted by molar-refractivity contribution is 6.30. The van der Waals surface area contributed by atoms with Gasteiger partial charge in [0.1, 0.15) is 0 Å². The Morgan fingerprint density at radius 2 is 1.71 bits per heavy atom. The Bertz CT molecular complexity index is 1550. The first-order valence-electron chi connectivity index (χ1n) is 14.3. The van der Waals surface area contributed by atoms with Gasteiger partial charge in [-0.05, 0) is 79.9 Å². The topological polar surface area (TPSA) is 65.2 Å². The molecule has 1 amide bonds. The summed E-state index contributed by atoms with van der Waals surface area (Å²) >= 11 is 6.19. The Morgan fingerprint density at radius 3 is 2.39 bits per heavy atom. The number of halogens is 1. The monoisotopic (exact) mass is 563 g/mol. The van der Waals surface area contributed by atoms with Gasteiger partial charge in [-0.15, -0.1) is 0 Å². The maximum Gasteiger partial charge on any atom is 0.257 e. The van der Waals surface area contributed by atoms with Crippen molar-refractivity contribution >= 4 is 17.5 Å². The van der Waals surface area contributed by atoms with E-state index in [9.17, 15) is 4.79 Å². The van der Waals surface area contributed by atoms with E-state index in [-0.39, 0.29) is 17.2 Å². The van der Waals surface area contributed by atoms with E-state index in [1.807, 2.05) is 64.2 Å². The van der Waals surface area contributed by atoms with E-state index in [1.165, 1.54) is 11.1 Å². The minimum absolute atomic E-state index is 0.0555. The molecule has 3 aromatic carbocycles. The second-order valence-electron chi connectivity index (χ2n) is 11.6. The molecule has 1 unspecified atom stereocenters. The van der Waals surface area contributed by atoms with Crippen molar-refractivity contribution in [2.24, 2.45) is 0 Å². The van der Waals surface area contributed by atoms with Gasteiger partial charge in [0.2, 0.25) is 0 Å². The minimum atomic E-state index is -0.0555. The van der Waals surface area contributed by atoms with Crippen LogP contribution in [0.25, 0.3) is 5.69 Å². The van der Waals surface area contributed by atoms with E-state index in [2.05, 4.69) is 42.2 Å². The summed E-state index contributed by atoms with van der Waals surface area (Å²) in [5, 5.41) is 14.5. The van der Waals surface area contributed by atoms with Gasteiger partial charge in [0.25, 0.3) is 5.91 Å². The molecule has 3 heterocycles. The first kappa shape index (κ1) is 27.3. The number of carbonyl (C=O) groups excluding carboxylic acids is 1. The molecule has 6 rings (SSSR count). The second-order valence-corrected chi connectivity index (χ2v) is 12.0. The van der Waals surface area contributed by atoms with Crippen LogP contribution in [0.5, 0.6) is 0 Å². The van der Waals surface area contributed by atoms with Crippen molar-refractivity contribution in [3.05, 3.63) is 118 Å². The molecule has 2 saturated heterocycles. The zero-order valence-electron chi connectivity index (χ0n) is 23.3. The maximum absolute atomic E-state index is 14.1. The number of hydrogen-bond acceptors (Lipinski definition) is 4. The number of rotatable bonds is 6. The fourth-order valence-electron chi connectivity index (χ4n) is 6.39. The number of piperidine rings is 1. The Balaban J connectivity index is 1.24. The SMILES string of the molecule is CC1(c2ccccc2)CCN(C(=O)c2cnn(-c3ccc(Cl)cc3)c2C2CCN(Cc3ccc(C#N)cc3)CC2)C1. The smallest absolute Gasteiger partial charge is 0.257 e. The summed E-state index contributed by atoms with van der Waals surface area (Å²) in [6.07, 6.45) is 4.60. The molecule has 1 aromatic heterocycles. The lowest BCUT2D eigenvalue weighted by molar-refractivity contribution is 0.0782. The van der Waals surface area contributed by atoms with Crippen molar-refractivity contribution in [3.8, 4) is 11.8 Å². The largest absolute Gasteiger partial charge is 0.338 e. The summed E-state index contributed by atoms with van der Waals surface area (Å²) in [6.45, 7) is 6.41. The molecule has 0 aliphatic carbocycles. The van der Waals surface area contributed by atoms with Crippen LogP contribution < -0.4 is 0 Å². The number of benzene rings is 3. The number of carbonyl (C=O) groups is 1. The first-order valence-corrected chi connectivity index (χ1v) is 14.7. The lowest BCUT2D eigenvalue weighted by Gasteiger charge is -2.33. The second kappa shape index (κ2) is 11.5. The molecule has 4 aromatic rings. The van der Waals surface area contributed by atoms with Crippen molar-refractivity contribution in [3.63, 3.8) is 0 Å². The van der Waals surface area contributed by atoms with Crippen molar-refractivity contribution in [1.82, 2.24) is 19.6 Å². The van der Waals surface area contributed by atoms with Crippen LogP contribution in [0.15, 0.2) is 85.1 Å². The van der Waals surface area contributed by atoms with Gasteiger partial charge in [-0.1, -0.05) is 61.0 Å². The van der Waals surface area contributed by atoms with Crippen molar-refractivity contribution in [1.29, 1.82) is 5.26 Å². The standard InChI is InChI=1S/C34H34ClN5O/c1-34(28-5-3-2-4-6-28)17-20-39(24-34)33(41)31-22-37-40(30-13-11-29(35)12-14-30)32(31)27-15-18-38(19-16-27)23-26-9-7-25(21-36)8-10-26/h2-14,22,27H,15-20,23-24H2,1H3. The Kier molecular flexibility index (Phi) is 7.66. The van der Waals surface area contributed by atoms with Gasteiger partial charge in [-0.25, -0.2) is 4.68 Å². The lowest BCUT2D eigenvalue weighted by Crippen LogP contribution is -2.35. The molecule has 0 saturated carbocycles. The number of nitrogens with zero attached hydrogens (tertiary/aromatic N) is 5. The molecule has 2 aliphatic rings. The third kappa shape index (κ3) is 5.66. The Labute approximate surface area is 246 Å². The van der Waals surface area contributed by atoms with Crippen LogP contribution in [0.3, 0.4) is 0 Å². The zero-order chi connectivity index (χ0) is 28.4. The van der Waals surface area contributed by atoms with Crippen molar-refractivity contribution < 1.29 is 4.79 Å². The summed E-state index contributed by atoms with van der Waals surface area (Å²) in [5.74, 6) is 0.285. The van der Waals surface area contributed by atoms with Crippen LogP contribution >= 0.6 is 11.6 Å². The third-order valence-corrected chi connectivity index (χ3v) is 9.05. The van der Waals surface area contributed by atoms with Crippen LogP contribution in [-0.2, 0) is 12.0 Å². The van der Waals surface area contributed by atoms with Crippen molar-refractivity contribution in [2.75, 3.05) is 26.2 Å². The van der Waals surface area contributed by atoms with Gasteiger partial charge in [0.15, 0.2) is 0 Å². The van der Waals surface area contributed by atoms with Gasteiger partial charge >= 0.3 is 0 Å². The predicted octanol–water partition coefficient (Wildman–Crippen LogP) is 6.58. The number of hydrogen-bond donors (Lipinski definition) is 0. The molecule has 7 heteroatoms. The van der Waals surface area contributed by atoms with E-state index >= 15 is 0 Å². The van der Waals surface area contributed by atoms with Crippen LogP contribution in [0.1, 0.15) is 64.8 Å². The van der Waals surface area contributed by atoms with Crippen LogP contribution in [-0.4, -0.2) is 51.7 Å². The molecule has 6 nitrogen and oxygen atoms in total. The van der Waals surface area contributed by atoms with Crippen LogP contribution in [0.4, 0.5) is 0 Å². The molecule has 0 bridgehead atoms. The first-order chi connectivity index (χ1) is 19.9. The van der Waals surface area contributed by atoms with Gasteiger partial charge < -0.3 is 4.90 Å². The zero-order valence-corrected chi connectivity index (χ0v) is 24.1. The van der Waals surface area contributed by atoms with E-state index in [4.69, 9.17) is 22.0 Å². The molecule has 208 valence electrons. The Hall–Kier alpha value is -3.92. The van der Waals surface area contributed by atoms with Gasteiger partial charge in [0.05, 0.1) is 34.8 Å². The number of aromatic nitrogens is 2. The molecule has 2 aliphatic heterocycles. The summed E-state index contributed by atoms with van der Waals surface area (Å²) in [4.78, 5) is 18.6. The highest BCUT2D eigenvalue weighted by Gasteiger charge is 2.39. The number of amides is 1. The quantitative estimate of drug-likeness (QED) is 0.266. The third-order valence-electron chi connectivity index (χ3n) is 8.80. The van der Waals surface area contributed by atoms with Crippen LogP contribution in [0, 0.1) is 11.3 Å². The van der Waals surface area contributed by atoms with E-state index in [0.29, 0.717) is 22.7 Å².